The molecule has 0 saturated heterocycles. The van der Waals surface area contributed by atoms with Gasteiger partial charge in [0.15, 0.2) is 11.5 Å². The van der Waals surface area contributed by atoms with Crippen molar-refractivity contribution in [3.05, 3.63) is 65.7 Å². The number of allylic oxidation sites excluding steroid dienone is 1. The largest absolute Gasteiger partial charge is 0.486 e. The van der Waals surface area contributed by atoms with E-state index in [1.54, 1.807) is 0 Å². The monoisotopic (exact) mass is 252 g/mol. The molecule has 0 amide bonds. The molecule has 0 aliphatic carbocycles. The summed E-state index contributed by atoms with van der Waals surface area (Å²) in [6.07, 6.45) is 5.22. The standard InChI is InChI=1S/C17H16O2/c1-2-5-14(6-3-1)7-4-8-15-9-10-16-17(13-15)19-12-11-18-16/h1-6,8-10,13H,7,11-12H2/b8-4+. The van der Waals surface area contributed by atoms with Crippen LogP contribution in [0.2, 0.25) is 0 Å². The Morgan fingerprint density at radius 2 is 1.68 bits per heavy atom. The third-order valence-corrected chi connectivity index (χ3v) is 3.07. The predicted molar refractivity (Wildman–Crippen MR) is 76.6 cm³/mol. The smallest absolute Gasteiger partial charge is 0.161 e. The van der Waals surface area contributed by atoms with Gasteiger partial charge in [-0.3, -0.25) is 0 Å². The molecule has 3 rings (SSSR count). The molecular weight excluding hydrogens is 236 g/mol. The molecule has 0 atom stereocenters. The lowest BCUT2D eigenvalue weighted by atomic mass is 10.1. The topological polar surface area (TPSA) is 18.5 Å². The van der Waals surface area contributed by atoms with E-state index in [-0.39, 0.29) is 0 Å². The van der Waals surface area contributed by atoms with Crippen LogP contribution in [0.3, 0.4) is 0 Å². The Hall–Kier alpha value is -2.22. The molecule has 1 heterocycles. The fourth-order valence-electron chi connectivity index (χ4n) is 2.11. The van der Waals surface area contributed by atoms with E-state index in [2.05, 4.69) is 42.5 Å². The molecule has 2 heteroatoms. The number of hydrogen-bond donors (Lipinski definition) is 0. The SMILES string of the molecule is C(=C\c1ccc2c(c1)OCCO2)/Cc1ccccc1. The number of benzene rings is 2. The van der Waals surface area contributed by atoms with Crippen molar-refractivity contribution in [1.82, 2.24) is 0 Å². The average Bonchev–Trinajstić information content (AvgIpc) is 2.48. The van der Waals surface area contributed by atoms with Crippen LogP contribution in [-0.2, 0) is 6.42 Å². The molecule has 1 aliphatic rings. The zero-order valence-electron chi connectivity index (χ0n) is 10.7. The molecule has 0 aromatic heterocycles. The van der Waals surface area contributed by atoms with Crippen molar-refractivity contribution < 1.29 is 9.47 Å². The maximum absolute atomic E-state index is 5.57. The van der Waals surface area contributed by atoms with E-state index < -0.39 is 0 Å². The highest BCUT2D eigenvalue weighted by molar-refractivity contribution is 5.56. The second-order valence-electron chi connectivity index (χ2n) is 4.50. The molecule has 0 saturated carbocycles. The first-order valence-corrected chi connectivity index (χ1v) is 6.52. The van der Waals surface area contributed by atoms with Crippen molar-refractivity contribution in [3.8, 4) is 11.5 Å². The molecule has 0 fully saturated rings. The molecule has 0 radical (unpaired) electrons. The Bertz CT molecular complexity index is 573. The van der Waals surface area contributed by atoms with Gasteiger partial charge < -0.3 is 9.47 Å². The van der Waals surface area contributed by atoms with E-state index >= 15 is 0 Å². The minimum absolute atomic E-state index is 0.629. The third-order valence-electron chi connectivity index (χ3n) is 3.07. The predicted octanol–water partition coefficient (Wildman–Crippen LogP) is 3.71. The van der Waals surface area contributed by atoms with Crippen LogP contribution in [0.15, 0.2) is 54.6 Å². The van der Waals surface area contributed by atoms with Crippen LogP contribution < -0.4 is 9.47 Å². The van der Waals surface area contributed by atoms with Gasteiger partial charge in [0.1, 0.15) is 13.2 Å². The number of fused-ring (bicyclic) bond motifs is 1. The van der Waals surface area contributed by atoms with Gasteiger partial charge in [0.25, 0.3) is 0 Å². The second kappa shape index (κ2) is 5.61. The molecule has 0 unspecified atom stereocenters. The van der Waals surface area contributed by atoms with Crippen LogP contribution in [0.25, 0.3) is 6.08 Å². The van der Waals surface area contributed by atoms with Crippen molar-refractivity contribution in [1.29, 1.82) is 0 Å². The number of hydrogen-bond acceptors (Lipinski definition) is 2. The molecule has 2 aromatic rings. The van der Waals surface area contributed by atoms with Gasteiger partial charge in [-0.05, 0) is 29.7 Å². The Kier molecular flexibility index (Phi) is 3.50. The van der Waals surface area contributed by atoms with Crippen molar-refractivity contribution in [2.24, 2.45) is 0 Å². The molecule has 2 aromatic carbocycles. The quantitative estimate of drug-likeness (QED) is 0.829. The maximum Gasteiger partial charge on any atom is 0.161 e. The molecule has 1 aliphatic heterocycles. The summed E-state index contributed by atoms with van der Waals surface area (Å²) in [5.41, 5.74) is 2.46. The Morgan fingerprint density at radius 3 is 2.53 bits per heavy atom. The summed E-state index contributed by atoms with van der Waals surface area (Å²) in [5, 5.41) is 0. The Morgan fingerprint density at radius 1 is 0.895 bits per heavy atom. The van der Waals surface area contributed by atoms with E-state index in [1.807, 2.05) is 18.2 Å². The van der Waals surface area contributed by atoms with Crippen LogP contribution in [0.1, 0.15) is 11.1 Å². The second-order valence-corrected chi connectivity index (χ2v) is 4.50. The van der Waals surface area contributed by atoms with E-state index in [9.17, 15) is 0 Å². The van der Waals surface area contributed by atoms with E-state index in [0.29, 0.717) is 13.2 Å². The Balaban J connectivity index is 1.69. The van der Waals surface area contributed by atoms with Gasteiger partial charge >= 0.3 is 0 Å². The van der Waals surface area contributed by atoms with Gasteiger partial charge in [-0.1, -0.05) is 48.6 Å². The van der Waals surface area contributed by atoms with Crippen LogP contribution in [0, 0.1) is 0 Å². The van der Waals surface area contributed by atoms with Gasteiger partial charge in [0.2, 0.25) is 0 Å². The summed E-state index contributed by atoms with van der Waals surface area (Å²) >= 11 is 0. The minimum Gasteiger partial charge on any atom is -0.486 e. The fraction of sp³-hybridized carbons (Fsp3) is 0.176. The van der Waals surface area contributed by atoms with Crippen LogP contribution in [-0.4, -0.2) is 13.2 Å². The number of ether oxygens (including phenoxy) is 2. The molecule has 2 nitrogen and oxygen atoms in total. The van der Waals surface area contributed by atoms with Gasteiger partial charge in [0, 0.05) is 0 Å². The highest BCUT2D eigenvalue weighted by atomic mass is 16.6. The molecular formula is C17H16O2. The summed E-state index contributed by atoms with van der Waals surface area (Å²) in [6.45, 7) is 1.26. The lowest BCUT2D eigenvalue weighted by Gasteiger charge is -2.18. The van der Waals surface area contributed by atoms with E-state index in [0.717, 1.165) is 23.5 Å². The summed E-state index contributed by atoms with van der Waals surface area (Å²) in [5.74, 6) is 1.68. The maximum atomic E-state index is 5.57. The summed E-state index contributed by atoms with van der Waals surface area (Å²) in [4.78, 5) is 0. The zero-order chi connectivity index (χ0) is 12.9. The molecule has 0 spiro atoms. The molecule has 96 valence electrons. The first-order chi connectivity index (χ1) is 9.42. The Labute approximate surface area is 113 Å². The highest BCUT2D eigenvalue weighted by Gasteiger charge is 2.10. The van der Waals surface area contributed by atoms with Crippen molar-refractivity contribution in [3.63, 3.8) is 0 Å². The lowest BCUT2D eigenvalue weighted by molar-refractivity contribution is 0.171. The summed E-state index contributed by atoms with van der Waals surface area (Å²) in [6, 6.07) is 16.5. The van der Waals surface area contributed by atoms with Crippen LogP contribution in [0.4, 0.5) is 0 Å². The van der Waals surface area contributed by atoms with Crippen molar-refractivity contribution >= 4 is 6.08 Å². The summed E-state index contributed by atoms with van der Waals surface area (Å²) < 4.78 is 11.1. The van der Waals surface area contributed by atoms with E-state index in [1.165, 1.54) is 5.56 Å². The average molecular weight is 252 g/mol. The fourth-order valence-corrected chi connectivity index (χ4v) is 2.11. The van der Waals surface area contributed by atoms with E-state index in [4.69, 9.17) is 9.47 Å². The number of rotatable bonds is 3. The van der Waals surface area contributed by atoms with Crippen LogP contribution in [0.5, 0.6) is 11.5 Å². The van der Waals surface area contributed by atoms with Crippen molar-refractivity contribution in [2.45, 2.75) is 6.42 Å². The lowest BCUT2D eigenvalue weighted by Crippen LogP contribution is -2.15. The van der Waals surface area contributed by atoms with Gasteiger partial charge in [-0.2, -0.15) is 0 Å². The van der Waals surface area contributed by atoms with Gasteiger partial charge in [-0.15, -0.1) is 0 Å². The zero-order valence-corrected chi connectivity index (χ0v) is 10.7. The summed E-state index contributed by atoms with van der Waals surface area (Å²) in [7, 11) is 0. The first kappa shape index (κ1) is 11.8. The van der Waals surface area contributed by atoms with Gasteiger partial charge in [0.05, 0.1) is 0 Å². The van der Waals surface area contributed by atoms with Crippen LogP contribution >= 0.6 is 0 Å². The third kappa shape index (κ3) is 2.97. The molecule has 0 bridgehead atoms. The highest BCUT2D eigenvalue weighted by Crippen LogP contribution is 2.31. The molecule has 0 N–H and O–H groups in total. The van der Waals surface area contributed by atoms with Gasteiger partial charge in [-0.25, -0.2) is 0 Å². The molecule has 19 heavy (non-hydrogen) atoms. The normalized spacial score (nSPS) is 13.7. The minimum atomic E-state index is 0.629. The first-order valence-electron chi connectivity index (χ1n) is 6.52. The van der Waals surface area contributed by atoms with Crippen molar-refractivity contribution in [2.75, 3.05) is 13.2 Å².